The summed E-state index contributed by atoms with van der Waals surface area (Å²) < 4.78 is 5.67. The summed E-state index contributed by atoms with van der Waals surface area (Å²) in [4.78, 5) is 11.3. The molecule has 2 atom stereocenters. The normalized spacial score (nSPS) is 29.7. The molecule has 2 unspecified atom stereocenters. The molecule has 17 heavy (non-hydrogen) atoms. The van der Waals surface area contributed by atoms with Gasteiger partial charge in [-0.25, -0.2) is 5.84 Å². The minimum absolute atomic E-state index is 0.187. The number of amides is 1. The van der Waals surface area contributed by atoms with Crippen molar-refractivity contribution in [1.82, 2.24) is 5.43 Å². The van der Waals surface area contributed by atoms with E-state index < -0.39 is 0 Å². The Labute approximate surface area is 107 Å². The van der Waals surface area contributed by atoms with Crippen LogP contribution in [0.4, 0.5) is 0 Å². The lowest BCUT2D eigenvalue weighted by molar-refractivity contribution is -0.131. The molecule has 1 heterocycles. The molecule has 1 saturated heterocycles. The molecular formula is C12H22N2O2S. The van der Waals surface area contributed by atoms with E-state index in [1.807, 2.05) is 11.8 Å². The van der Waals surface area contributed by atoms with Crippen LogP contribution in [0.15, 0.2) is 0 Å². The summed E-state index contributed by atoms with van der Waals surface area (Å²) in [5.41, 5.74) is 2.16. The Morgan fingerprint density at radius 1 is 1.24 bits per heavy atom. The topological polar surface area (TPSA) is 64.3 Å². The maximum Gasteiger partial charge on any atom is 0.263 e. The lowest BCUT2D eigenvalue weighted by Crippen LogP contribution is -2.39. The molecule has 1 saturated carbocycles. The van der Waals surface area contributed by atoms with E-state index in [0.717, 1.165) is 24.5 Å². The summed E-state index contributed by atoms with van der Waals surface area (Å²) in [6.07, 6.45) is 7.31. The molecule has 0 aromatic rings. The van der Waals surface area contributed by atoms with Gasteiger partial charge in [0.15, 0.2) is 0 Å². The number of rotatable bonds is 5. The van der Waals surface area contributed by atoms with Crippen LogP contribution in [0, 0.1) is 5.92 Å². The van der Waals surface area contributed by atoms with E-state index in [-0.39, 0.29) is 18.1 Å². The minimum atomic E-state index is -0.322. The zero-order valence-electron chi connectivity index (χ0n) is 10.2. The fraction of sp³-hybridized carbons (Fsp3) is 0.917. The number of ether oxygens (including phenoxy) is 1. The summed E-state index contributed by atoms with van der Waals surface area (Å²) in [6.45, 7) is 0. The SMILES string of the molecule is NNC(=O)C1CCC(CSCC2CCCC2)O1. The van der Waals surface area contributed by atoms with Gasteiger partial charge in [-0.2, -0.15) is 11.8 Å². The summed E-state index contributed by atoms with van der Waals surface area (Å²) >= 11 is 1.98. The molecule has 0 aromatic carbocycles. The molecule has 98 valence electrons. The Balaban J connectivity index is 1.59. The highest BCUT2D eigenvalue weighted by atomic mass is 32.2. The van der Waals surface area contributed by atoms with Gasteiger partial charge in [0, 0.05) is 5.75 Å². The van der Waals surface area contributed by atoms with Crippen molar-refractivity contribution in [3.05, 3.63) is 0 Å². The van der Waals surface area contributed by atoms with Crippen LogP contribution >= 0.6 is 11.8 Å². The second kappa shape index (κ2) is 6.61. The van der Waals surface area contributed by atoms with Gasteiger partial charge in [0.2, 0.25) is 0 Å². The fourth-order valence-corrected chi connectivity index (χ4v) is 3.97. The smallest absolute Gasteiger partial charge is 0.263 e. The highest BCUT2D eigenvalue weighted by Crippen LogP contribution is 2.29. The first-order valence-corrected chi connectivity index (χ1v) is 7.68. The third-order valence-corrected chi connectivity index (χ3v) is 4.99. The van der Waals surface area contributed by atoms with Crippen molar-refractivity contribution in [3.63, 3.8) is 0 Å². The largest absolute Gasteiger partial charge is 0.364 e. The van der Waals surface area contributed by atoms with E-state index >= 15 is 0 Å². The van der Waals surface area contributed by atoms with E-state index in [1.165, 1.54) is 31.4 Å². The second-order valence-corrected chi connectivity index (χ2v) is 6.10. The lowest BCUT2D eigenvalue weighted by Gasteiger charge is -2.13. The first kappa shape index (κ1) is 13.2. The van der Waals surface area contributed by atoms with Gasteiger partial charge in [-0.1, -0.05) is 12.8 Å². The van der Waals surface area contributed by atoms with E-state index in [2.05, 4.69) is 5.43 Å². The molecule has 2 rings (SSSR count). The van der Waals surface area contributed by atoms with E-state index in [9.17, 15) is 4.79 Å². The van der Waals surface area contributed by atoms with Crippen LogP contribution in [0.1, 0.15) is 38.5 Å². The van der Waals surface area contributed by atoms with Crippen molar-refractivity contribution >= 4 is 17.7 Å². The van der Waals surface area contributed by atoms with Gasteiger partial charge < -0.3 is 4.74 Å². The highest BCUT2D eigenvalue weighted by Gasteiger charge is 2.30. The first-order chi connectivity index (χ1) is 8.29. The number of hydrogen-bond acceptors (Lipinski definition) is 4. The number of thioether (sulfide) groups is 1. The third kappa shape index (κ3) is 3.86. The Morgan fingerprint density at radius 2 is 2.00 bits per heavy atom. The van der Waals surface area contributed by atoms with Crippen LogP contribution in [0.5, 0.6) is 0 Å². The summed E-state index contributed by atoms with van der Waals surface area (Å²) in [5.74, 6) is 8.11. The van der Waals surface area contributed by atoms with Crippen LogP contribution in [0.3, 0.4) is 0 Å². The third-order valence-electron chi connectivity index (χ3n) is 3.67. The predicted molar refractivity (Wildman–Crippen MR) is 69.5 cm³/mol. The van der Waals surface area contributed by atoms with E-state index in [4.69, 9.17) is 10.6 Å². The molecule has 4 nitrogen and oxygen atoms in total. The monoisotopic (exact) mass is 258 g/mol. The van der Waals surface area contributed by atoms with Crippen molar-refractivity contribution in [2.24, 2.45) is 11.8 Å². The molecule has 1 aliphatic carbocycles. The Bertz CT molecular complexity index is 257. The zero-order valence-corrected chi connectivity index (χ0v) is 11.0. The van der Waals surface area contributed by atoms with Crippen LogP contribution in [-0.4, -0.2) is 29.6 Å². The van der Waals surface area contributed by atoms with Gasteiger partial charge in [-0.05, 0) is 37.4 Å². The van der Waals surface area contributed by atoms with Crippen molar-refractivity contribution in [2.45, 2.75) is 50.7 Å². The maximum atomic E-state index is 11.3. The van der Waals surface area contributed by atoms with Crippen molar-refractivity contribution in [3.8, 4) is 0 Å². The average molecular weight is 258 g/mol. The van der Waals surface area contributed by atoms with Gasteiger partial charge >= 0.3 is 0 Å². The number of carbonyl (C=O) groups excluding carboxylic acids is 1. The zero-order chi connectivity index (χ0) is 12.1. The van der Waals surface area contributed by atoms with Crippen LogP contribution < -0.4 is 11.3 Å². The Kier molecular flexibility index (Phi) is 5.13. The average Bonchev–Trinajstić information content (AvgIpc) is 2.99. The first-order valence-electron chi connectivity index (χ1n) is 6.53. The van der Waals surface area contributed by atoms with Crippen molar-refractivity contribution in [1.29, 1.82) is 0 Å². The second-order valence-electron chi connectivity index (χ2n) is 5.02. The van der Waals surface area contributed by atoms with Gasteiger partial charge in [0.25, 0.3) is 5.91 Å². The molecule has 0 radical (unpaired) electrons. The molecule has 2 aliphatic rings. The van der Waals surface area contributed by atoms with E-state index in [1.54, 1.807) is 0 Å². The van der Waals surface area contributed by atoms with Gasteiger partial charge in [0.05, 0.1) is 6.10 Å². The number of nitrogens with two attached hydrogens (primary N) is 1. The summed E-state index contributed by atoms with van der Waals surface area (Å²) in [7, 11) is 0. The molecule has 1 aliphatic heterocycles. The quantitative estimate of drug-likeness (QED) is 0.445. The van der Waals surface area contributed by atoms with Gasteiger partial charge in [-0.3, -0.25) is 10.2 Å². The number of hydrazine groups is 1. The molecule has 1 amide bonds. The van der Waals surface area contributed by atoms with Gasteiger partial charge in [-0.15, -0.1) is 0 Å². The fourth-order valence-electron chi connectivity index (χ4n) is 2.66. The highest BCUT2D eigenvalue weighted by molar-refractivity contribution is 7.99. The van der Waals surface area contributed by atoms with Crippen LogP contribution in [0.25, 0.3) is 0 Å². The van der Waals surface area contributed by atoms with Crippen LogP contribution in [0.2, 0.25) is 0 Å². The molecule has 2 fully saturated rings. The molecule has 5 heteroatoms. The standard InChI is InChI=1S/C12H22N2O2S/c13-14-12(15)11-6-5-10(16-11)8-17-7-9-3-1-2-4-9/h9-11H,1-8,13H2,(H,14,15). The summed E-state index contributed by atoms with van der Waals surface area (Å²) in [5, 5.41) is 0. The Hall–Kier alpha value is -0.260. The molecular weight excluding hydrogens is 236 g/mol. The van der Waals surface area contributed by atoms with E-state index in [0.29, 0.717) is 0 Å². The number of nitrogens with one attached hydrogen (secondary N) is 1. The molecule has 0 spiro atoms. The number of hydrogen-bond donors (Lipinski definition) is 2. The lowest BCUT2D eigenvalue weighted by atomic mass is 10.1. The van der Waals surface area contributed by atoms with Crippen molar-refractivity contribution in [2.75, 3.05) is 11.5 Å². The van der Waals surface area contributed by atoms with Crippen molar-refractivity contribution < 1.29 is 9.53 Å². The predicted octanol–water partition coefficient (Wildman–Crippen LogP) is 1.45. The maximum absolute atomic E-state index is 11.3. The Morgan fingerprint density at radius 3 is 2.71 bits per heavy atom. The summed E-state index contributed by atoms with van der Waals surface area (Å²) in [6, 6.07) is 0. The van der Waals surface area contributed by atoms with Crippen LogP contribution in [-0.2, 0) is 9.53 Å². The van der Waals surface area contributed by atoms with Gasteiger partial charge in [0.1, 0.15) is 6.10 Å². The number of carbonyl (C=O) groups is 1. The molecule has 3 N–H and O–H groups in total. The molecule has 0 bridgehead atoms. The molecule has 0 aromatic heterocycles. The minimum Gasteiger partial charge on any atom is -0.364 e.